The van der Waals surface area contributed by atoms with Crippen LogP contribution in [0.4, 0.5) is 5.69 Å². The molecule has 2 amide bonds. The van der Waals surface area contributed by atoms with E-state index in [1.807, 2.05) is 19.1 Å². The van der Waals surface area contributed by atoms with Gasteiger partial charge in [0.2, 0.25) is 0 Å². The average Bonchev–Trinajstić information content (AvgIpc) is 2.61. The van der Waals surface area contributed by atoms with Gasteiger partial charge < -0.3 is 4.74 Å². The molecule has 1 saturated heterocycles. The Bertz CT molecular complexity index is 938. The zero-order valence-corrected chi connectivity index (χ0v) is 16.5. The van der Waals surface area contributed by atoms with E-state index in [9.17, 15) is 9.59 Å². The van der Waals surface area contributed by atoms with Crippen LogP contribution in [0.1, 0.15) is 11.1 Å². The zero-order chi connectivity index (χ0) is 18.8. The van der Waals surface area contributed by atoms with E-state index in [4.69, 9.17) is 17.0 Å². The standard InChI is InChI=1S/C19H15BrN2O3S/c1-11-9-13(20)5-8-16(11)22-18(24)15(17(23)21-19(22)26)10-12-3-6-14(25-2)7-4-12/h3-10H,1-2H3,(H,21,23,26)/b15-10-. The predicted octanol–water partition coefficient (Wildman–Crippen LogP) is 3.60. The number of methoxy groups -OCH3 is 1. The SMILES string of the molecule is COc1ccc(/C=C2/C(=O)NC(=S)N(c3ccc(Br)cc3C)C2=O)cc1. The van der Waals surface area contributed by atoms with Crippen molar-refractivity contribution >= 4 is 56.8 Å². The van der Waals surface area contributed by atoms with Gasteiger partial charge in [0, 0.05) is 4.47 Å². The number of anilines is 1. The van der Waals surface area contributed by atoms with Gasteiger partial charge in [-0.15, -0.1) is 0 Å². The number of rotatable bonds is 3. The number of ether oxygens (including phenoxy) is 1. The Balaban J connectivity index is 2.01. The lowest BCUT2D eigenvalue weighted by molar-refractivity contribution is -0.122. The molecule has 1 heterocycles. The summed E-state index contributed by atoms with van der Waals surface area (Å²) in [6, 6.07) is 12.6. The first-order chi connectivity index (χ1) is 12.4. The maximum Gasteiger partial charge on any atom is 0.270 e. The van der Waals surface area contributed by atoms with E-state index in [0.717, 1.165) is 10.0 Å². The number of nitrogens with one attached hydrogen (secondary N) is 1. The van der Waals surface area contributed by atoms with Gasteiger partial charge in [0.05, 0.1) is 12.8 Å². The predicted molar refractivity (Wildman–Crippen MR) is 108 cm³/mol. The fourth-order valence-electron chi connectivity index (χ4n) is 2.61. The highest BCUT2D eigenvalue weighted by Crippen LogP contribution is 2.27. The van der Waals surface area contributed by atoms with Gasteiger partial charge in [0.1, 0.15) is 11.3 Å². The second-order valence-electron chi connectivity index (χ2n) is 5.66. The van der Waals surface area contributed by atoms with Gasteiger partial charge in [0.15, 0.2) is 5.11 Å². The maximum absolute atomic E-state index is 13.0. The third-order valence-electron chi connectivity index (χ3n) is 3.93. The van der Waals surface area contributed by atoms with Gasteiger partial charge in [-0.25, -0.2) is 0 Å². The first kappa shape index (κ1) is 18.3. The minimum absolute atomic E-state index is 0.0195. The quantitative estimate of drug-likeness (QED) is 0.459. The molecule has 1 fully saturated rings. The molecule has 0 radical (unpaired) electrons. The number of amides is 2. The second-order valence-corrected chi connectivity index (χ2v) is 6.96. The summed E-state index contributed by atoms with van der Waals surface area (Å²) in [6.45, 7) is 1.87. The molecule has 1 aliphatic heterocycles. The van der Waals surface area contributed by atoms with Gasteiger partial charge in [0.25, 0.3) is 11.8 Å². The molecule has 0 bridgehead atoms. The third kappa shape index (κ3) is 3.54. The van der Waals surface area contributed by atoms with E-state index in [1.165, 1.54) is 4.90 Å². The van der Waals surface area contributed by atoms with Crippen molar-refractivity contribution in [1.29, 1.82) is 0 Å². The lowest BCUT2D eigenvalue weighted by Gasteiger charge is -2.30. The summed E-state index contributed by atoms with van der Waals surface area (Å²) in [5.41, 5.74) is 2.22. The topological polar surface area (TPSA) is 58.6 Å². The van der Waals surface area contributed by atoms with E-state index < -0.39 is 11.8 Å². The number of hydrogen-bond donors (Lipinski definition) is 1. The number of benzene rings is 2. The van der Waals surface area contributed by atoms with E-state index in [1.54, 1.807) is 43.5 Å². The van der Waals surface area contributed by atoms with Crippen molar-refractivity contribution in [3.63, 3.8) is 0 Å². The fourth-order valence-corrected chi connectivity index (χ4v) is 3.36. The summed E-state index contributed by atoms with van der Waals surface area (Å²) in [7, 11) is 1.57. The first-order valence-electron chi connectivity index (χ1n) is 7.72. The Hall–Kier alpha value is -2.51. The first-order valence-corrected chi connectivity index (χ1v) is 8.92. The van der Waals surface area contributed by atoms with Crippen LogP contribution in [0.15, 0.2) is 52.5 Å². The molecule has 3 rings (SSSR count). The number of nitrogens with zero attached hydrogens (tertiary/aromatic N) is 1. The van der Waals surface area contributed by atoms with Crippen molar-refractivity contribution < 1.29 is 14.3 Å². The Morgan fingerprint density at radius 3 is 2.46 bits per heavy atom. The molecule has 26 heavy (non-hydrogen) atoms. The summed E-state index contributed by atoms with van der Waals surface area (Å²) < 4.78 is 6.01. The molecule has 0 aromatic heterocycles. The van der Waals surface area contributed by atoms with Gasteiger partial charge in [-0.2, -0.15) is 0 Å². The summed E-state index contributed by atoms with van der Waals surface area (Å²) >= 11 is 8.62. The van der Waals surface area contributed by atoms with Crippen molar-refractivity contribution in [3.05, 3.63) is 63.6 Å². The van der Waals surface area contributed by atoms with E-state index >= 15 is 0 Å². The molecule has 0 atom stereocenters. The number of halogens is 1. The van der Waals surface area contributed by atoms with Crippen LogP contribution in [-0.4, -0.2) is 24.0 Å². The van der Waals surface area contributed by atoms with Crippen molar-refractivity contribution in [1.82, 2.24) is 5.32 Å². The molecule has 0 spiro atoms. The molecule has 2 aromatic carbocycles. The third-order valence-corrected chi connectivity index (χ3v) is 4.71. The number of hydrogen-bond acceptors (Lipinski definition) is 4. The maximum atomic E-state index is 13.0. The monoisotopic (exact) mass is 430 g/mol. The van der Waals surface area contributed by atoms with Crippen LogP contribution in [0.2, 0.25) is 0 Å². The summed E-state index contributed by atoms with van der Waals surface area (Å²) in [4.78, 5) is 26.6. The van der Waals surface area contributed by atoms with Crippen LogP contribution in [0.5, 0.6) is 5.75 Å². The summed E-state index contributed by atoms with van der Waals surface area (Å²) in [5.74, 6) is -0.276. The molecule has 1 aliphatic rings. The van der Waals surface area contributed by atoms with Gasteiger partial charge in [-0.05, 0) is 66.7 Å². The van der Waals surface area contributed by atoms with Crippen LogP contribution in [0.3, 0.4) is 0 Å². The average molecular weight is 431 g/mol. The van der Waals surface area contributed by atoms with Gasteiger partial charge in [-0.1, -0.05) is 28.1 Å². The largest absolute Gasteiger partial charge is 0.497 e. The van der Waals surface area contributed by atoms with Gasteiger partial charge >= 0.3 is 0 Å². The Morgan fingerprint density at radius 2 is 1.85 bits per heavy atom. The molecule has 5 nitrogen and oxygen atoms in total. The van der Waals surface area contributed by atoms with Crippen LogP contribution in [-0.2, 0) is 9.59 Å². The highest BCUT2D eigenvalue weighted by Gasteiger charge is 2.35. The molecular formula is C19H15BrN2O3S. The minimum atomic E-state index is -0.512. The van der Waals surface area contributed by atoms with E-state index in [2.05, 4.69) is 21.2 Å². The van der Waals surface area contributed by atoms with Gasteiger partial charge in [-0.3, -0.25) is 19.8 Å². The zero-order valence-electron chi connectivity index (χ0n) is 14.1. The van der Waals surface area contributed by atoms with Crippen LogP contribution in [0, 0.1) is 6.92 Å². The molecule has 0 unspecified atom stereocenters. The number of aryl methyl sites for hydroxylation is 1. The summed E-state index contributed by atoms with van der Waals surface area (Å²) in [5, 5.41) is 2.65. The lowest BCUT2D eigenvalue weighted by atomic mass is 10.1. The molecule has 7 heteroatoms. The molecule has 132 valence electrons. The highest BCUT2D eigenvalue weighted by atomic mass is 79.9. The molecule has 0 aliphatic carbocycles. The fraction of sp³-hybridized carbons (Fsp3) is 0.105. The van der Waals surface area contributed by atoms with Crippen molar-refractivity contribution in [2.45, 2.75) is 6.92 Å². The minimum Gasteiger partial charge on any atom is -0.497 e. The van der Waals surface area contributed by atoms with Crippen molar-refractivity contribution in [2.24, 2.45) is 0 Å². The normalized spacial score (nSPS) is 16.0. The van der Waals surface area contributed by atoms with Crippen LogP contribution in [0.25, 0.3) is 6.08 Å². The molecular weight excluding hydrogens is 416 g/mol. The Morgan fingerprint density at radius 1 is 1.15 bits per heavy atom. The molecule has 1 N–H and O–H groups in total. The number of carbonyl (C=O) groups is 2. The van der Waals surface area contributed by atoms with Crippen LogP contribution < -0.4 is 15.0 Å². The van der Waals surface area contributed by atoms with E-state index in [-0.39, 0.29) is 10.7 Å². The van der Waals surface area contributed by atoms with Crippen molar-refractivity contribution in [2.75, 3.05) is 12.0 Å². The van der Waals surface area contributed by atoms with E-state index in [0.29, 0.717) is 17.0 Å². The second kappa shape index (κ2) is 7.39. The smallest absolute Gasteiger partial charge is 0.270 e. The highest BCUT2D eigenvalue weighted by molar-refractivity contribution is 9.10. The number of carbonyl (C=O) groups excluding carboxylic acids is 2. The lowest BCUT2D eigenvalue weighted by Crippen LogP contribution is -2.54. The van der Waals surface area contributed by atoms with Crippen molar-refractivity contribution in [3.8, 4) is 5.75 Å². The Labute approximate surface area is 164 Å². The summed E-state index contributed by atoms with van der Waals surface area (Å²) in [6.07, 6.45) is 1.54. The Kier molecular flexibility index (Phi) is 5.20. The van der Waals surface area contributed by atoms with Crippen LogP contribution >= 0.6 is 28.1 Å². The molecule has 0 saturated carbocycles. The number of thiocarbonyl (C=S) groups is 1. The molecule has 2 aromatic rings.